The third-order valence-electron chi connectivity index (χ3n) is 5.06. The number of aromatic nitrogens is 5. The van der Waals surface area contributed by atoms with Crippen molar-refractivity contribution in [2.45, 2.75) is 32.7 Å². The van der Waals surface area contributed by atoms with Crippen LogP contribution in [0.3, 0.4) is 0 Å². The molecular formula is C19H22ClN9O2. The molecule has 162 valence electrons. The van der Waals surface area contributed by atoms with Crippen LogP contribution >= 0.6 is 11.6 Å². The van der Waals surface area contributed by atoms with Gasteiger partial charge in [0.15, 0.2) is 5.69 Å². The Bertz CT molecular complexity index is 1080. The van der Waals surface area contributed by atoms with Gasteiger partial charge < -0.3 is 5.73 Å². The minimum Gasteiger partial charge on any atom is -0.378 e. The second kappa shape index (κ2) is 9.23. The second-order valence-corrected chi connectivity index (χ2v) is 7.69. The van der Waals surface area contributed by atoms with Crippen LogP contribution in [0.15, 0.2) is 34.0 Å². The number of carbonyl (C=O) groups is 1. The summed E-state index contributed by atoms with van der Waals surface area (Å²) >= 11 is 5.93. The highest BCUT2D eigenvalue weighted by atomic mass is 35.5. The maximum atomic E-state index is 13.1. The van der Waals surface area contributed by atoms with E-state index in [1.807, 2.05) is 12.1 Å². The number of nitrogen functional groups attached to an aromatic ring is 1. The standard InChI is InChI=1S/C19H22ClN9O2/c1-12(13-5-7-14(20)8-6-13)22-24-19(30)16-15(11-28-9-3-2-4-10-28)23-27-29(16)18-17(21)25-31-26-18/h5-8H,2-4,9-11H2,1H3,(H2,21,25)(H,24,30)/b22-12+. The van der Waals surface area contributed by atoms with Gasteiger partial charge in [-0.15, -0.1) is 5.10 Å². The van der Waals surface area contributed by atoms with E-state index < -0.39 is 5.91 Å². The number of hydrogen-bond acceptors (Lipinski definition) is 9. The van der Waals surface area contributed by atoms with Gasteiger partial charge in [0.2, 0.25) is 11.6 Å². The number of halogens is 1. The van der Waals surface area contributed by atoms with Crippen LogP contribution in [0, 0.1) is 0 Å². The topological polar surface area (TPSA) is 140 Å². The van der Waals surface area contributed by atoms with Crippen molar-refractivity contribution in [3.8, 4) is 5.82 Å². The normalized spacial score (nSPS) is 15.2. The van der Waals surface area contributed by atoms with Crippen molar-refractivity contribution in [3.05, 3.63) is 46.2 Å². The summed E-state index contributed by atoms with van der Waals surface area (Å²) in [5.74, 6) is -0.391. The lowest BCUT2D eigenvalue weighted by Gasteiger charge is -2.25. The molecule has 1 aliphatic rings. The molecule has 0 atom stereocenters. The lowest BCUT2D eigenvalue weighted by molar-refractivity contribution is 0.0944. The van der Waals surface area contributed by atoms with E-state index in [0.29, 0.717) is 23.0 Å². The number of hydrogen-bond donors (Lipinski definition) is 2. The quantitative estimate of drug-likeness (QED) is 0.435. The maximum Gasteiger partial charge on any atom is 0.292 e. The second-order valence-electron chi connectivity index (χ2n) is 7.25. The van der Waals surface area contributed by atoms with Gasteiger partial charge in [-0.3, -0.25) is 9.69 Å². The summed E-state index contributed by atoms with van der Waals surface area (Å²) in [5.41, 5.74) is 10.5. The van der Waals surface area contributed by atoms with Crippen LogP contribution in [0.4, 0.5) is 5.82 Å². The molecule has 4 rings (SSSR count). The fourth-order valence-corrected chi connectivity index (χ4v) is 3.53. The van der Waals surface area contributed by atoms with Gasteiger partial charge in [0.1, 0.15) is 5.69 Å². The molecule has 1 saturated heterocycles. The molecule has 0 saturated carbocycles. The summed E-state index contributed by atoms with van der Waals surface area (Å²) in [6, 6.07) is 7.16. The van der Waals surface area contributed by atoms with Crippen LogP contribution < -0.4 is 11.2 Å². The van der Waals surface area contributed by atoms with Gasteiger partial charge in [-0.2, -0.15) is 9.78 Å². The Balaban J connectivity index is 1.61. The Labute approximate surface area is 183 Å². The molecule has 3 heterocycles. The smallest absolute Gasteiger partial charge is 0.292 e. The molecule has 0 unspecified atom stereocenters. The van der Waals surface area contributed by atoms with Gasteiger partial charge >= 0.3 is 0 Å². The Morgan fingerprint density at radius 1 is 1.23 bits per heavy atom. The fourth-order valence-electron chi connectivity index (χ4n) is 3.41. The third-order valence-corrected chi connectivity index (χ3v) is 5.31. The molecule has 3 N–H and O–H groups in total. The average molecular weight is 444 g/mol. The van der Waals surface area contributed by atoms with Crippen LogP contribution in [0.1, 0.15) is 47.9 Å². The van der Waals surface area contributed by atoms with E-state index in [0.717, 1.165) is 31.5 Å². The zero-order valence-corrected chi connectivity index (χ0v) is 17.7. The summed E-state index contributed by atoms with van der Waals surface area (Å²) in [6.07, 6.45) is 3.43. The summed E-state index contributed by atoms with van der Waals surface area (Å²) in [5, 5.41) is 20.4. The monoisotopic (exact) mass is 443 g/mol. The van der Waals surface area contributed by atoms with Crippen molar-refractivity contribution in [1.29, 1.82) is 0 Å². The molecule has 3 aromatic rings. The molecule has 0 aliphatic carbocycles. The van der Waals surface area contributed by atoms with Gasteiger partial charge in [0.05, 0.1) is 5.71 Å². The van der Waals surface area contributed by atoms with E-state index in [4.69, 9.17) is 17.3 Å². The minimum absolute atomic E-state index is 0.00400. The first kappa shape index (κ1) is 20.9. The number of rotatable bonds is 6. The molecule has 11 nitrogen and oxygen atoms in total. The van der Waals surface area contributed by atoms with E-state index >= 15 is 0 Å². The molecule has 0 spiro atoms. The van der Waals surface area contributed by atoms with Crippen molar-refractivity contribution < 1.29 is 9.42 Å². The first-order valence-electron chi connectivity index (χ1n) is 9.89. The van der Waals surface area contributed by atoms with Gasteiger partial charge in [-0.05, 0) is 60.9 Å². The van der Waals surface area contributed by atoms with Crippen LogP contribution in [0.25, 0.3) is 5.82 Å². The molecule has 1 amide bonds. The lowest BCUT2D eigenvalue weighted by atomic mass is 10.1. The molecular weight excluding hydrogens is 422 g/mol. The number of piperidine rings is 1. The SMILES string of the molecule is C/C(=N\NC(=O)c1c(CN2CCCCC2)nnn1-c1nonc1N)c1ccc(Cl)cc1. The van der Waals surface area contributed by atoms with Crippen LogP contribution in [-0.2, 0) is 6.54 Å². The predicted octanol–water partition coefficient (Wildman–Crippen LogP) is 2.03. The number of benzene rings is 1. The van der Waals surface area contributed by atoms with E-state index in [1.165, 1.54) is 11.1 Å². The molecule has 1 aromatic carbocycles. The Hall–Kier alpha value is -3.31. The summed E-state index contributed by atoms with van der Waals surface area (Å²) in [7, 11) is 0. The summed E-state index contributed by atoms with van der Waals surface area (Å²) in [4.78, 5) is 15.3. The van der Waals surface area contributed by atoms with Crippen molar-refractivity contribution in [2.24, 2.45) is 5.10 Å². The van der Waals surface area contributed by atoms with Crippen molar-refractivity contribution in [1.82, 2.24) is 35.6 Å². The molecule has 1 fully saturated rings. The van der Waals surface area contributed by atoms with E-state index in [-0.39, 0.29) is 17.3 Å². The highest BCUT2D eigenvalue weighted by Gasteiger charge is 2.26. The molecule has 0 bridgehead atoms. The molecule has 12 heteroatoms. The van der Waals surface area contributed by atoms with E-state index in [1.54, 1.807) is 19.1 Å². The van der Waals surface area contributed by atoms with Crippen molar-refractivity contribution >= 4 is 29.0 Å². The number of anilines is 1. The Morgan fingerprint density at radius 2 is 1.97 bits per heavy atom. The first-order chi connectivity index (χ1) is 15.0. The van der Waals surface area contributed by atoms with Gasteiger partial charge in [0.25, 0.3) is 5.91 Å². The highest BCUT2D eigenvalue weighted by molar-refractivity contribution is 6.30. The molecule has 2 aromatic heterocycles. The minimum atomic E-state index is -0.493. The average Bonchev–Trinajstić information content (AvgIpc) is 3.38. The molecule has 0 radical (unpaired) electrons. The van der Waals surface area contributed by atoms with Crippen LogP contribution in [0.5, 0.6) is 0 Å². The van der Waals surface area contributed by atoms with E-state index in [2.05, 4.69) is 40.7 Å². The lowest BCUT2D eigenvalue weighted by Crippen LogP contribution is -2.31. The maximum absolute atomic E-state index is 13.1. The number of hydrazone groups is 1. The largest absolute Gasteiger partial charge is 0.378 e. The van der Waals surface area contributed by atoms with Crippen LogP contribution in [-0.4, -0.2) is 54.9 Å². The number of carbonyl (C=O) groups excluding carboxylic acids is 1. The fraction of sp³-hybridized carbons (Fsp3) is 0.368. The van der Waals surface area contributed by atoms with Gasteiger partial charge in [0, 0.05) is 11.6 Å². The number of likely N-dealkylation sites (tertiary alicyclic amines) is 1. The third kappa shape index (κ3) is 4.72. The molecule has 1 aliphatic heterocycles. The summed E-state index contributed by atoms with van der Waals surface area (Å²) < 4.78 is 5.90. The zero-order chi connectivity index (χ0) is 21.8. The van der Waals surface area contributed by atoms with Crippen LogP contribution in [0.2, 0.25) is 5.02 Å². The first-order valence-corrected chi connectivity index (χ1v) is 10.3. The molecule has 31 heavy (non-hydrogen) atoms. The highest BCUT2D eigenvalue weighted by Crippen LogP contribution is 2.19. The zero-order valence-electron chi connectivity index (χ0n) is 17.0. The number of nitrogens with two attached hydrogens (primary N) is 1. The van der Waals surface area contributed by atoms with Gasteiger partial charge in [-0.1, -0.05) is 35.4 Å². The Morgan fingerprint density at radius 3 is 2.65 bits per heavy atom. The number of nitrogens with zero attached hydrogens (tertiary/aromatic N) is 7. The van der Waals surface area contributed by atoms with Crippen molar-refractivity contribution in [2.75, 3.05) is 18.8 Å². The van der Waals surface area contributed by atoms with E-state index in [9.17, 15) is 4.79 Å². The number of amides is 1. The summed E-state index contributed by atoms with van der Waals surface area (Å²) in [6.45, 7) is 4.14. The van der Waals surface area contributed by atoms with Gasteiger partial charge in [-0.25, -0.2) is 10.1 Å². The van der Waals surface area contributed by atoms with Crippen molar-refractivity contribution in [3.63, 3.8) is 0 Å². The predicted molar refractivity (Wildman–Crippen MR) is 114 cm³/mol. The number of nitrogens with one attached hydrogen (secondary N) is 1. The Kier molecular flexibility index (Phi) is 6.23.